The van der Waals surface area contributed by atoms with Gasteiger partial charge < -0.3 is 10.6 Å². The second-order valence-electron chi connectivity index (χ2n) is 3.16. The van der Waals surface area contributed by atoms with Crippen molar-refractivity contribution in [3.05, 3.63) is 0 Å². The number of rotatable bonds is 8. The van der Waals surface area contributed by atoms with E-state index in [1.54, 1.807) is 6.26 Å². The molecule has 0 aromatic rings. The van der Waals surface area contributed by atoms with Crippen molar-refractivity contribution in [3.8, 4) is 0 Å². The van der Waals surface area contributed by atoms with Crippen molar-refractivity contribution in [2.24, 2.45) is 0 Å². The maximum atomic E-state index is 11.1. The van der Waals surface area contributed by atoms with Crippen LogP contribution >= 0.6 is 0 Å². The Labute approximate surface area is 88.3 Å². The molecule has 0 saturated heterocycles. The van der Waals surface area contributed by atoms with Crippen LogP contribution in [0.5, 0.6) is 0 Å². The largest absolute Gasteiger partial charge is 0.355 e. The van der Waals surface area contributed by atoms with Gasteiger partial charge >= 0.3 is 0 Å². The lowest BCUT2D eigenvalue weighted by Crippen LogP contribution is -2.34. The normalized spacial score (nSPS) is 12.4. The van der Waals surface area contributed by atoms with Crippen molar-refractivity contribution >= 4 is 16.7 Å². The van der Waals surface area contributed by atoms with Crippen molar-refractivity contribution in [2.45, 2.75) is 19.8 Å². The fraction of sp³-hybridized carbons (Fsp3) is 0.889. The monoisotopic (exact) mass is 220 g/mol. The average molecular weight is 220 g/mol. The Morgan fingerprint density at radius 2 is 2.07 bits per heavy atom. The van der Waals surface area contributed by atoms with Gasteiger partial charge in [-0.25, -0.2) is 0 Å². The molecule has 2 N–H and O–H groups in total. The zero-order valence-corrected chi connectivity index (χ0v) is 9.78. The van der Waals surface area contributed by atoms with Crippen molar-refractivity contribution in [1.29, 1.82) is 0 Å². The summed E-state index contributed by atoms with van der Waals surface area (Å²) in [6, 6.07) is 0. The quantitative estimate of drug-likeness (QED) is 0.560. The van der Waals surface area contributed by atoms with Crippen LogP contribution in [-0.2, 0) is 15.6 Å². The Bertz CT molecular complexity index is 186. The van der Waals surface area contributed by atoms with E-state index < -0.39 is 10.8 Å². The number of nitrogens with one attached hydrogen (secondary N) is 2. The predicted octanol–water partition coefficient (Wildman–Crippen LogP) is -0.129. The molecular weight excluding hydrogens is 200 g/mol. The molecule has 0 saturated carbocycles. The van der Waals surface area contributed by atoms with Gasteiger partial charge in [0.25, 0.3) is 0 Å². The number of hydrogen-bond acceptors (Lipinski definition) is 3. The fourth-order valence-electron chi connectivity index (χ4n) is 0.944. The number of carbonyl (C=O) groups is 1. The molecule has 5 heteroatoms. The minimum absolute atomic E-state index is 0.0142. The first-order valence-corrected chi connectivity index (χ1v) is 6.67. The summed E-state index contributed by atoms with van der Waals surface area (Å²) in [6.07, 6.45) is 3.48. The molecule has 0 aliphatic carbocycles. The molecular formula is C9H20N2O2S. The lowest BCUT2D eigenvalue weighted by Gasteiger charge is -2.04. The molecule has 1 atom stereocenters. The average Bonchev–Trinajstić information content (AvgIpc) is 2.13. The van der Waals surface area contributed by atoms with E-state index in [1.807, 2.05) is 0 Å². The van der Waals surface area contributed by atoms with Gasteiger partial charge in [-0.3, -0.25) is 9.00 Å². The molecule has 0 aliphatic heterocycles. The van der Waals surface area contributed by atoms with E-state index >= 15 is 0 Å². The smallest absolute Gasteiger partial charge is 0.233 e. The highest BCUT2D eigenvalue weighted by Crippen LogP contribution is 1.81. The standard InChI is InChI=1S/C9H20N2O2S/c1-3-5-10-8-9(12)11-6-4-7-14(2)13/h10H,3-8H2,1-2H3,(H,11,12). The molecule has 4 nitrogen and oxygen atoms in total. The Hall–Kier alpha value is -0.420. The molecule has 0 radical (unpaired) electrons. The number of hydrogen-bond donors (Lipinski definition) is 2. The van der Waals surface area contributed by atoms with Crippen molar-refractivity contribution in [1.82, 2.24) is 10.6 Å². The SMILES string of the molecule is CCCNCC(=O)NCCCS(C)=O. The van der Waals surface area contributed by atoms with Crippen LogP contribution in [0.25, 0.3) is 0 Å². The molecule has 0 aromatic carbocycles. The second kappa shape index (κ2) is 9.15. The van der Waals surface area contributed by atoms with E-state index in [0.717, 1.165) is 19.4 Å². The maximum Gasteiger partial charge on any atom is 0.233 e. The third-order valence-electron chi connectivity index (χ3n) is 1.64. The summed E-state index contributed by atoms with van der Waals surface area (Å²) in [5.74, 6) is 0.670. The molecule has 14 heavy (non-hydrogen) atoms. The summed E-state index contributed by atoms with van der Waals surface area (Å²) in [5.41, 5.74) is 0. The van der Waals surface area contributed by atoms with E-state index in [2.05, 4.69) is 17.6 Å². The highest BCUT2D eigenvalue weighted by atomic mass is 32.2. The van der Waals surface area contributed by atoms with Gasteiger partial charge in [0.05, 0.1) is 6.54 Å². The molecule has 0 rings (SSSR count). The van der Waals surface area contributed by atoms with Gasteiger partial charge in [0.1, 0.15) is 0 Å². The van der Waals surface area contributed by atoms with E-state index in [1.165, 1.54) is 0 Å². The number of carbonyl (C=O) groups excluding carboxylic acids is 1. The van der Waals surface area contributed by atoms with Crippen LogP contribution in [-0.4, -0.2) is 41.8 Å². The Morgan fingerprint density at radius 1 is 1.36 bits per heavy atom. The first-order valence-electron chi connectivity index (χ1n) is 4.94. The Morgan fingerprint density at radius 3 is 2.64 bits per heavy atom. The minimum atomic E-state index is -0.754. The van der Waals surface area contributed by atoms with Gasteiger partial charge in [0.2, 0.25) is 5.91 Å². The lowest BCUT2D eigenvalue weighted by molar-refractivity contribution is -0.120. The van der Waals surface area contributed by atoms with Gasteiger partial charge in [0, 0.05) is 29.4 Å². The maximum absolute atomic E-state index is 11.1. The van der Waals surface area contributed by atoms with Gasteiger partial charge in [-0.1, -0.05) is 6.92 Å². The van der Waals surface area contributed by atoms with Crippen molar-refractivity contribution < 1.29 is 9.00 Å². The highest BCUT2D eigenvalue weighted by Gasteiger charge is 1.98. The van der Waals surface area contributed by atoms with Crippen LogP contribution in [0.4, 0.5) is 0 Å². The summed E-state index contributed by atoms with van der Waals surface area (Å²) >= 11 is 0. The fourth-order valence-corrected chi connectivity index (χ4v) is 1.50. The Balaban J connectivity index is 3.22. The van der Waals surface area contributed by atoms with Crippen LogP contribution in [0, 0.1) is 0 Å². The van der Waals surface area contributed by atoms with Crippen LogP contribution in [0.2, 0.25) is 0 Å². The molecule has 84 valence electrons. The van der Waals surface area contributed by atoms with Crippen molar-refractivity contribution in [3.63, 3.8) is 0 Å². The first-order chi connectivity index (χ1) is 6.66. The van der Waals surface area contributed by atoms with Gasteiger partial charge in [-0.15, -0.1) is 0 Å². The predicted molar refractivity (Wildman–Crippen MR) is 59.7 cm³/mol. The van der Waals surface area contributed by atoms with Gasteiger partial charge in [0.15, 0.2) is 0 Å². The van der Waals surface area contributed by atoms with E-state index in [9.17, 15) is 9.00 Å². The Kier molecular flexibility index (Phi) is 8.87. The van der Waals surface area contributed by atoms with E-state index in [0.29, 0.717) is 18.8 Å². The molecule has 0 bridgehead atoms. The van der Waals surface area contributed by atoms with Crippen LogP contribution in [0.15, 0.2) is 0 Å². The second-order valence-corrected chi connectivity index (χ2v) is 4.71. The van der Waals surface area contributed by atoms with Crippen LogP contribution in [0.1, 0.15) is 19.8 Å². The zero-order chi connectivity index (χ0) is 10.8. The molecule has 0 fully saturated rings. The highest BCUT2D eigenvalue weighted by molar-refractivity contribution is 7.84. The summed E-state index contributed by atoms with van der Waals surface area (Å²) in [6.45, 7) is 3.92. The summed E-state index contributed by atoms with van der Waals surface area (Å²) in [5, 5.41) is 5.77. The third kappa shape index (κ3) is 9.67. The molecule has 0 spiro atoms. The minimum Gasteiger partial charge on any atom is -0.355 e. The topological polar surface area (TPSA) is 58.2 Å². The molecule has 1 amide bonds. The summed E-state index contributed by atoms with van der Waals surface area (Å²) < 4.78 is 10.7. The van der Waals surface area contributed by atoms with E-state index in [-0.39, 0.29) is 5.91 Å². The van der Waals surface area contributed by atoms with Crippen molar-refractivity contribution in [2.75, 3.05) is 31.6 Å². The van der Waals surface area contributed by atoms with E-state index in [4.69, 9.17) is 0 Å². The zero-order valence-electron chi connectivity index (χ0n) is 8.97. The summed E-state index contributed by atoms with van der Waals surface area (Å²) in [7, 11) is -0.754. The first kappa shape index (κ1) is 13.6. The van der Waals surface area contributed by atoms with Gasteiger partial charge in [-0.05, 0) is 19.4 Å². The van der Waals surface area contributed by atoms with Gasteiger partial charge in [-0.2, -0.15) is 0 Å². The van der Waals surface area contributed by atoms with Crippen LogP contribution < -0.4 is 10.6 Å². The molecule has 0 heterocycles. The molecule has 0 aliphatic rings. The molecule has 1 unspecified atom stereocenters. The lowest BCUT2D eigenvalue weighted by atomic mass is 10.4. The summed E-state index contributed by atoms with van der Waals surface area (Å²) in [4.78, 5) is 11.1. The van der Waals surface area contributed by atoms with Crippen LogP contribution in [0.3, 0.4) is 0 Å². The number of amides is 1. The molecule has 0 aromatic heterocycles. The third-order valence-corrected chi connectivity index (χ3v) is 2.51.